The Morgan fingerprint density at radius 1 is 1.28 bits per heavy atom. The van der Waals surface area contributed by atoms with Gasteiger partial charge in [0.2, 0.25) is 11.8 Å². The van der Waals surface area contributed by atoms with Crippen LogP contribution in [-0.2, 0) is 24.2 Å². The standard InChI is InChI=1S/C18H17N3O3S/c22-18(13-8-12-4-1-2-6-15(12)23-11-13)19-10-17-20-16(21-24-17)9-14-5-3-7-25-14/h1-7,13H,8-11H2,(H,19,22)/t13-/m0/s1. The summed E-state index contributed by atoms with van der Waals surface area (Å²) in [5, 5.41) is 8.83. The van der Waals surface area contributed by atoms with E-state index < -0.39 is 0 Å². The van der Waals surface area contributed by atoms with Crippen LogP contribution in [0.5, 0.6) is 5.75 Å². The molecule has 0 radical (unpaired) electrons. The van der Waals surface area contributed by atoms with Gasteiger partial charge in [0, 0.05) is 11.3 Å². The highest BCUT2D eigenvalue weighted by atomic mass is 32.1. The molecule has 3 heterocycles. The fourth-order valence-electron chi connectivity index (χ4n) is 2.81. The van der Waals surface area contributed by atoms with Gasteiger partial charge in [-0.05, 0) is 29.5 Å². The van der Waals surface area contributed by atoms with Crippen molar-refractivity contribution in [2.45, 2.75) is 19.4 Å². The molecule has 0 unspecified atom stereocenters. The number of hydrogen-bond acceptors (Lipinski definition) is 6. The highest BCUT2D eigenvalue weighted by Crippen LogP contribution is 2.26. The van der Waals surface area contributed by atoms with E-state index >= 15 is 0 Å². The van der Waals surface area contributed by atoms with Gasteiger partial charge in [-0.2, -0.15) is 4.98 Å². The summed E-state index contributed by atoms with van der Waals surface area (Å²) in [6.07, 6.45) is 1.32. The van der Waals surface area contributed by atoms with Crippen molar-refractivity contribution in [3.8, 4) is 5.75 Å². The van der Waals surface area contributed by atoms with Crippen LogP contribution in [0.4, 0.5) is 0 Å². The lowest BCUT2D eigenvalue weighted by Crippen LogP contribution is -2.37. The molecule has 0 aliphatic carbocycles. The molecule has 0 fully saturated rings. The Labute approximate surface area is 148 Å². The molecule has 0 bridgehead atoms. The molecule has 1 aliphatic heterocycles. The van der Waals surface area contributed by atoms with Crippen LogP contribution in [0, 0.1) is 5.92 Å². The highest BCUT2D eigenvalue weighted by Gasteiger charge is 2.25. The molecule has 1 aromatic carbocycles. The summed E-state index contributed by atoms with van der Waals surface area (Å²) in [7, 11) is 0. The average Bonchev–Trinajstić information content (AvgIpc) is 3.32. The second-order valence-electron chi connectivity index (χ2n) is 5.90. The Morgan fingerprint density at radius 3 is 3.08 bits per heavy atom. The van der Waals surface area contributed by atoms with Gasteiger partial charge in [0.1, 0.15) is 12.4 Å². The third kappa shape index (κ3) is 3.71. The van der Waals surface area contributed by atoms with Crippen LogP contribution in [0.25, 0.3) is 0 Å². The minimum atomic E-state index is -0.205. The summed E-state index contributed by atoms with van der Waals surface area (Å²) in [5.74, 6) is 1.64. The van der Waals surface area contributed by atoms with Gasteiger partial charge in [0.15, 0.2) is 5.82 Å². The van der Waals surface area contributed by atoms with E-state index in [-0.39, 0.29) is 18.4 Å². The van der Waals surface area contributed by atoms with Gasteiger partial charge in [0.25, 0.3) is 0 Å². The molecule has 7 heteroatoms. The first kappa shape index (κ1) is 15.8. The minimum Gasteiger partial charge on any atom is -0.492 e. The molecule has 2 aromatic heterocycles. The van der Waals surface area contributed by atoms with E-state index in [2.05, 4.69) is 15.5 Å². The van der Waals surface area contributed by atoms with Gasteiger partial charge in [-0.15, -0.1) is 11.3 Å². The quantitative estimate of drug-likeness (QED) is 0.761. The van der Waals surface area contributed by atoms with Crippen LogP contribution in [-0.4, -0.2) is 22.7 Å². The molecule has 1 aliphatic rings. The van der Waals surface area contributed by atoms with Crippen LogP contribution < -0.4 is 10.1 Å². The van der Waals surface area contributed by atoms with Gasteiger partial charge in [-0.1, -0.05) is 29.4 Å². The van der Waals surface area contributed by atoms with Crippen LogP contribution in [0.2, 0.25) is 0 Å². The van der Waals surface area contributed by atoms with Crippen molar-refractivity contribution < 1.29 is 14.1 Å². The Morgan fingerprint density at radius 2 is 2.20 bits per heavy atom. The Hall–Kier alpha value is -2.67. The lowest BCUT2D eigenvalue weighted by molar-refractivity contribution is -0.126. The molecule has 3 aromatic rings. The molecule has 0 spiro atoms. The summed E-state index contributed by atoms with van der Waals surface area (Å²) in [6.45, 7) is 0.616. The predicted octanol–water partition coefficient (Wildman–Crippen LogP) is 2.59. The average molecular weight is 355 g/mol. The van der Waals surface area contributed by atoms with E-state index in [0.717, 1.165) is 11.3 Å². The lowest BCUT2D eigenvalue weighted by Gasteiger charge is -2.24. The number of nitrogens with one attached hydrogen (secondary N) is 1. The molecule has 6 nitrogen and oxygen atoms in total. The van der Waals surface area contributed by atoms with E-state index in [1.165, 1.54) is 4.88 Å². The molecule has 1 N–H and O–H groups in total. The van der Waals surface area contributed by atoms with Crippen LogP contribution in [0.15, 0.2) is 46.3 Å². The van der Waals surface area contributed by atoms with Gasteiger partial charge in [-0.3, -0.25) is 4.79 Å². The molecule has 0 saturated carbocycles. The maximum absolute atomic E-state index is 12.4. The van der Waals surface area contributed by atoms with Crippen molar-refractivity contribution in [2.24, 2.45) is 5.92 Å². The number of carbonyl (C=O) groups excluding carboxylic acids is 1. The third-order valence-electron chi connectivity index (χ3n) is 4.09. The number of benzene rings is 1. The van der Waals surface area contributed by atoms with E-state index in [9.17, 15) is 4.79 Å². The SMILES string of the molecule is O=C(NCc1nc(Cc2cccs2)no1)[C@@H]1COc2ccccc2C1. The zero-order chi connectivity index (χ0) is 17.1. The number of thiophene rings is 1. The van der Waals surface area contributed by atoms with Gasteiger partial charge in [0.05, 0.1) is 12.5 Å². The summed E-state index contributed by atoms with van der Waals surface area (Å²) < 4.78 is 10.9. The van der Waals surface area contributed by atoms with Crippen LogP contribution in [0.3, 0.4) is 0 Å². The monoisotopic (exact) mass is 355 g/mol. The van der Waals surface area contributed by atoms with Gasteiger partial charge < -0.3 is 14.6 Å². The normalized spacial score (nSPS) is 16.1. The fourth-order valence-corrected chi connectivity index (χ4v) is 3.51. The van der Waals surface area contributed by atoms with E-state index in [0.29, 0.717) is 31.2 Å². The van der Waals surface area contributed by atoms with Crippen molar-refractivity contribution in [3.63, 3.8) is 0 Å². The Kier molecular flexibility index (Phi) is 4.47. The van der Waals surface area contributed by atoms with Crippen molar-refractivity contribution >= 4 is 17.2 Å². The number of para-hydroxylation sites is 1. The second kappa shape index (κ2) is 7.06. The highest BCUT2D eigenvalue weighted by molar-refractivity contribution is 7.09. The minimum absolute atomic E-state index is 0.0625. The molecule has 0 saturated heterocycles. The third-order valence-corrected chi connectivity index (χ3v) is 4.96. The van der Waals surface area contributed by atoms with Crippen molar-refractivity contribution in [3.05, 3.63) is 63.9 Å². The lowest BCUT2D eigenvalue weighted by atomic mass is 9.96. The van der Waals surface area contributed by atoms with Crippen molar-refractivity contribution in [1.29, 1.82) is 0 Å². The summed E-state index contributed by atoms with van der Waals surface area (Å²) in [5.41, 5.74) is 1.06. The number of aromatic nitrogens is 2. The largest absolute Gasteiger partial charge is 0.492 e. The maximum atomic E-state index is 12.4. The molecule has 1 amide bonds. The van der Waals surface area contributed by atoms with Crippen molar-refractivity contribution in [1.82, 2.24) is 15.5 Å². The number of carbonyl (C=O) groups is 1. The predicted molar refractivity (Wildman–Crippen MR) is 92.4 cm³/mol. The summed E-state index contributed by atoms with van der Waals surface area (Å²) in [4.78, 5) is 17.9. The number of rotatable bonds is 5. The van der Waals surface area contributed by atoms with E-state index in [4.69, 9.17) is 9.26 Å². The number of nitrogens with zero attached hydrogens (tertiary/aromatic N) is 2. The molecule has 1 atom stereocenters. The smallest absolute Gasteiger partial charge is 0.246 e. The number of fused-ring (bicyclic) bond motifs is 1. The van der Waals surface area contributed by atoms with E-state index in [1.54, 1.807) is 11.3 Å². The zero-order valence-corrected chi connectivity index (χ0v) is 14.3. The Balaban J connectivity index is 1.31. The van der Waals surface area contributed by atoms with Crippen LogP contribution in [0.1, 0.15) is 22.2 Å². The van der Waals surface area contributed by atoms with Gasteiger partial charge >= 0.3 is 0 Å². The summed E-state index contributed by atoms with van der Waals surface area (Å²) in [6, 6.07) is 11.8. The van der Waals surface area contributed by atoms with Gasteiger partial charge in [-0.25, -0.2) is 0 Å². The first-order valence-electron chi connectivity index (χ1n) is 8.10. The molecule has 4 rings (SSSR count). The second-order valence-corrected chi connectivity index (χ2v) is 6.93. The summed E-state index contributed by atoms with van der Waals surface area (Å²) >= 11 is 1.65. The number of ether oxygens (including phenoxy) is 1. The first-order valence-corrected chi connectivity index (χ1v) is 8.98. The first-order chi connectivity index (χ1) is 12.3. The number of hydrogen-bond donors (Lipinski definition) is 1. The van der Waals surface area contributed by atoms with E-state index in [1.807, 2.05) is 41.8 Å². The molecule has 25 heavy (non-hydrogen) atoms. The number of amides is 1. The molecule has 128 valence electrons. The Bertz CT molecular complexity index is 860. The maximum Gasteiger partial charge on any atom is 0.246 e. The zero-order valence-electron chi connectivity index (χ0n) is 13.5. The topological polar surface area (TPSA) is 77.3 Å². The fraction of sp³-hybridized carbons (Fsp3) is 0.278. The molecular weight excluding hydrogens is 338 g/mol. The van der Waals surface area contributed by atoms with Crippen molar-refractivity contribution in [2.75, 3.05) is 6.61 Å². The molecular formula is C18H17N3O3S. The van der Waals surface area contributed by atoms with Crippen LogP contribution >= 0.6 is 11.3 Å².